The van der Waals surface area contributed by atoms with Crippen LogP contribution in [0.2, 0.25) is 0 Å². The van der Waals surface area contributed by atoms with Crippen LogP contribution < -0.4 is 0 Å². The zero-order valence-electron chi connectivity index (χ0n) is 14.9. The smallest absolute Gasteiger partial charge is 0.227 e. The molecule has 2 aromatic heterocycles. The van der Waals surface area contributed by atoms with E-state index in [1.807, 2.05) is 35.8 Å². The molecular formula is C16H24N6O2S. The zero-order valence-corrected chi connectivity index (χ0v) is 15.7. The number of hydrogen-bond donors (Lipinski definition) is 0. The number of thiophene rings is 1. The number of likely N-dealkylation sites (tertiary alicyclic amines) is 1. The molecule has 1 amide bonds. The number of hydrogen-bond acceptors (Lipinski definition) is 7. The van der Waals surface area contributed by atoms with E-state index in [1.165, 1.54) is 0 Å². The van der Waals surface area contributed by atoms with Crippen molar-refractivity contribution >= 4 is 17.2 Å². The summed E-state index contributed by atoms with van der Waals surface area (Å²) in [6.45, 7) is 2.44. The van der Waals surface area contributed by atoms with Gasteiger partial charge >= 0.3 is 0 Å². The molecule has 1 atom stereocenters. The lowest BCUT2D eigenvalue weighted by atomic mass is 9.96. The SMILES string of the molecule is COCCn1nnnc1C1(N(C)C)CCN(C(=O)Cc2ccsc2)C1. The van der Waals surface area contributed by atoms with Crippen LogP contribution >= 0.6 is 11.3 Å². The number of rotatable bonds is 7. The Balaban J connectivity index is 1.78. The number of nitrogens with zero attached hydrogens (tertiary/aromatic N) is 6. The number of carbonyl (C=O) groups excluding carboxylic acids is 1. The van der Waals surface area contributed by atoms with Crippen molar-refractivity contribution in [1.82, 2.24) is 30.0 Å². The number of tetrazole rings is 1. The van der Waals surface area contributed by atoms with Gasteiger partial charge in [0.1, 0.15) is 5.54 Å². The van der Waals surface area contributed by atoms with E-state index in [1.54, 1.807) is 23.1 Å². The fourth-order valence-electron chi connectivity index (χ4n) is 3.30. The summed E-state index contributed by atoms with van der Waals surface area (Å²) in [5, 5.41) is 16.3. The van der Waals surface area contributed by atoms with Crippen LogP contribution in [0, 0.1) is 0 Å². The lowest BCUT2D eigenvalue weighted by Crippen LogP contribution is -2.47. The molecule has 25 heavy (non-hydrogen) atoms. The summed E-state index contributed by atoms with van der Waals surface area (Å²) < 4.78 is 6.94. The molecule has 8 nitrogen and oxygen atoms in total. The van der Waals surface area contributed by atoms with E-state index in [-0.39, 0.29) is 11.4 Å². The Morgan fingerprint density at radius 1 is 1.48 bits per heavy atom. The highest BCUT2D eigenvalue weighted by atomic mass is 32.1. The Bertz CT molecular complexity index is 701. The highest BCUT2D eigenvalue weighted by Crippen LogP contribution is 2.35. The third kappa shape index (κ3) is 3.58. The number of carbonyl (C=O) groups is 1. The van der Waals surface area contributed by atoms with Gasteiger partial charge < -0.3 is 9.64 Å². The van der Waals surface area contributed by atoms with Gasteiger partial charge in [0.05, 0.1) is 19.6 Å². The molecule has 0 radical (unpaired) electrons. The average molecular weight is 364 g/mol. The number of amides is 1. The van der Waals surface area contributed by atoms with Crippen molar-refractivity contribution in [2.45, 2.75) is 24.9 Å². The second-order valence-electron chi connectivity index (χ2n) is 6.52. The Morgan fingerprint density at radius 2 is 2.32 bits per heavy atom. The largest absolute Gasteiger partial charge is 0.383 e. The number of likely N-dealkylation sites (N-methyl/N-ethyl adjacent to an activating group) is 1. The predicted molar refractivity (Wildman–Crippen MR) is 94.3 cm³/mol. The molecule has 9 heteroatoms. The van der Waals surface area contributed by atoms with Crippen LogP contribution in [0.15, 0.2) is 16.8 Å². The summed E-state index contributed by atoms with van der Waals surface area (Å²) >= 11 is 1.62. The van der Waals surface area contributed by atoms with E-state index in [0.29, 0.717) is 32.7 Å². The predicted octanol–water partition coefficient (Wildman–Crippen LogP) is 0.613. The van der Waals surface area contributed by atoms with E-state index in [2.05, 4.69) is 20.4 Å². The minimum Gasteiger partial charge on any atom is -0.383 e. The van der Waals surface area contributed by atoms with Crippen LogP contribution in [-0.4, -0.2) is 76.8 Å². The normalized spacial score (nSPS) is 20.6. The lowest BCUT2D eigenvalue weighted by Gasteiger charge is -2.34. The summed E-state index contributed by atoms with van der Waals surface area (Å²) in [7, 11) is 5.69. The summed E-state index contributed by atoms with van der Waals surface area (Å²) in [6, 6.07) is 2.00. The van der Waals surface area contributed by atoms with Crippen molar-refractivity contribution in [3.05, 3.63) is 28.2 Å². The minimum atomic E-state index is -0.373. The van der Waals surface area contributed by atoms with Gasteiger partial charge in [0.25, 0.3) is 0 Å². The molecule has 0 N–H and O–H groups in total. The third-order valence-electron chi connectivity index (χ3n) is 4.85. The molecule has 1 saturated heterocycles. The Kier molecular flexibility index (Phi) is 5.45. The molecule has 0 aromatic carbocycles. The molecule has 3 rings (SSSR count). The van der Waals surface area contributed by atoms with Crippen LogP contribution in [0.25, 0.3) is 0 Å². The molecule has 0 aliphatic carbocycles. The quantitative estimate of drug-likeness (QED) is 0.717. The fourth-order valence-corrected chi connectivity index (χ4v) is 3.97. The zero-order chi connectivity index (χ0) is 17.9. The van der Waals surface area contributed by atoms with Gasteiger partial charge in [0.2, 0.25) is 5.91 Å². The molecule has 1 aliphatic rings. The van der Waals surface area contributed by atoms with Gasteiger partial charge in [-0.3, -0.25) is 9.69 Å². The topological polar surface area (TPSA) is 76.4 Å². The third-order valence-corrected chi connectivity index (χ3v) is 5.58. The van der Waals surface area contributed by atoms with Crippen molar-refractivity contribution < 1.29 is 9.53 Å². The first kappa shape index (κ1) is 18.0. The molecule has 0 saturated carbocycles. The highest BCUT2D eigenvalue weighted by Gasteiger charge is 2.47. The maximum Gasteiger partial charge on any atom is 0.227 e. The molecular weight excluding hydrogens is 340 g/mol. The molecule has 1 aliphatic heterocycles. The standard InChI is InChI=1S/C16H24N6O2S/c1-20(2)16(15-17-18-19-22(15)7-8-24-3)5-6-21(12-16)14(23)10-13-4-9-25-11-13/h4,9,11H,5-8,10,12H2,1-3H3. The number of methoxy groups -OCH3 is 1. The van der Waals surface area contributed by atoms with Crippen LogP contribution in [0.4, 0.5) is 0 Å². The van der Waals surface area contributed by atoms with Crippen molar-refractivity contribution in [1.29, 1.82) is 0 Å². The Morgan fingerprint density at radius 3 is 3.00 bits per heavy atom. The first-order chi connectivity index (χ1) is 12.1. The fraction of sp³-hybridized carbons (Fsp3) is 0.625. The van der Waals surface area contributed by atoms with Crippen molar-refractivity contribution in [2.75, 3.05) is 40.9 Å². The van der Waals surface area contributed by atoms with E-state index < -0.39 is 0 Å². The first-order valence-corrected chi connectivity index (χ1v) is 9.23. The van der Waals surface area contributed by atoms with Gasteiger partial charge in [-0.15, -0.1) is 5.10 Å². The van der Waals surface area contributed by atoms with Crippen molar-refractivity contribution in [2.24, 2.45) is 0 Å². The maximum atomic E-state index is 12.7. The lowest BCUT2D eigenvalue weighted by molar-refractivity contribution is -0.130. The molecule has 136 valence electrons. The molecule has 3 heterocycles. The maximum absolute atomic E-state index is 12.7. The van der Waals surface area contributed by atoms with Gasteiger partial charge in [0.15, 0.2) is 5.82 Å². The van der Waals surface area contributed by atoms with Crippen LogP contribution in [0.3, 0.4) is 0 Å². The van der Waals surface area contributed by atoms with Gasteiger partial charge in [0, 0.05) is 20.2 Å². The monoisotopic (exact) mass is 364 g/mol. The van der Waals surface area contributed by atoms with Gasteiger partial charge in [-0.25, -0.2) is 4.68 Å². The van der Waals surface area contributed by atoms with E-state index in [0.717, 1.165) is 17.8 Å². The molecule has 1 fully saturated rings. The van der Waals surface area contributed by atoms with E-state index in [9.17, 15) is 4.79 Å². The van der Waals surface area contributed by atoms with Crippen LogP contribution in [-0.2, 0) is 28.0 Å². The number of aromatic nitrogens is 4. The van der Waals surface area contributed by atoms with Gasteiger partial charge in [-0.2, -0.15) is 11.3 Å². The first-order valence-electron chi connectivity index (χ1n) is 8.28. The molecule has 0 bridgehead atoms. The van der Waals surface area contributed by atoms with Crippen molar-refractivity contribution in [3.63, 3.8) is 0 Å². The summed E-state index contributed by atoms with van der Waals surface area (Å²) in [6.07, 6.45) is 1.25. The molecule has 0 spiro atoms. The Hall–Kier alpha value is -1.84. The van der Waals surface area contributed by atoms with E-state index >= 15 is 0 Å². The van der Waals surface area contributed by atoms with Gasteiger partial charge in [-0.05, 0) is 53.3 Å². The highest BCUT2D eigenvalue weighted by molar-refractivity contribution is 7.07. The number of ether oxygens (including phenoxy) is 1. The second kappa shape index (κ2) is 7.59. The summed E-state index contributed by atoms with van der Waals surface area (Å²) in [4.78, 5) is 16.7. The van der Waals surface area contributed by atoms with Crippen LogP contribution in [0.5, 0.6) is 0 Å². The Labute approximate surface area is 151 Å². The minimum absolute atomic E-state index is 0.151. The second-order valence-corrected chi connectivity index (χ2v) is 7.30. The van der Waals surface area contributed by atoms with Crippen LogP contribution in [0.1, 0.15) is 17.8 Å². The summed E-state index contributed by atoms with van der Waals surface area (Å²) in [5.41, 5.74) is 0.698. The summed E-state index contributed by atoms with van der Waals surface area (Å²) in [5.74, 6) is 0.943. The molecule has 1 unspecified atom stereocenters. The average Bonchev–Trinajstić information content (AvgIpc) is 3.32. The molecule has 2 aromatic rings. The van der Waals surface area contributed by atoms with Crippen molar-refractivity contribution in [3.8, 4) is 0 Å². The van der Waals surface area contributed by atoms with Gasteiger partial charge in [-0.1, -0.05) is 0 Å². The van der Waals surface area contributed by atoms with E-state index in [4.69, 9.17) is 4.74 Å².